The molecule has 0 radical (unpaired) electrons. The van der Waals surface area contributed by atoms with Gasteiger partial charge in [-0.05, 0) is 36.5 Å². The molecule has 0 aliphatic carbocycles. The molecule has 0 aromatic carbocycles. The van der Waals surface area contributed by atoms with E-state index in [2.05, 4.69) is 41.7 Å². The highest BCUT2D eigenvalue weighted by molar-refractivity contribution is 14.1. The van der Waals surface area contributed by atoms with E-state index in [0.29, 0.717) is 6.79 Å². The highest BCUT2D eigenvalue weighted by atomic mass is 127. The number of rotatable bonds is 21. The van der Waals surface area contributed by atoms with E-state index in [1.807, 2.05) is 0 Å². The van der Waals surface area contributed by atoms with E-state index in [-0.39, 0.29) is 0 Å². The zero-order valence-electron chi connectivity index (χ0n) is 16.8. The molecule has 0 saturated heterocycles. The Morgan fingerprint density at radius 3 is 1.88 bits per heavy atom. The van der Waals surface area contributed by atoms with Gasteiger partial charge in [0.1, 0.15) is 6.79 Å². The van der Waals surface area contributed by atoms with Crippen LogP contribution in [0.4, 0.5) is 0 Å². The van der Waals surface area contributed by atoms with Crippen molar-refractivity contribution in [3.63, 3.8) is 0 Å². The van der Waals surface area contributed by atoms with Gasteiger partial charge in [0.2, 0.25) is 0 Å². The fraction of sp³-hybridized carbons (Fsp3) is 0.909. The maximum Gasteiger partial charge on any atom is 0.146 e. The molecule has 3 heteroatoms. The number of allylic oxidation sites excluding steroid dienone is 1. The summed E-state index contributed by atoms with van der Waals surface area (Å²) in [7, 11) is 0. The molecule has 0 saturated carbocycles. The van der Waals surface area contributed by atoms with Gasteiger partial charge in [0, 0.05) is 6.61 Å². The Balaban J connectivity index is 3.03. The first-order chi connectivity index (χ1) is 12.4. The van der Waals surface area contributed by atoms with Crippen LogP contribution in [-0.4, -0.2) is 24.4 Å². The smallest absolute Gasteiger partial charge is 0.146 e. The first-order valence-corrected chi connectivity index (χ1v) is 12.3. The number of hydrogen-bond acceptors (Lipinski definition) is 2. The van der Waals surface area contributed by atoms with E-state index < -0.39 is 0 Å². The molecule has 0 bridgehead atoms. The lowest BCUT2D eigenvalue weighted by molar-refractivity contribution is -0.0531. The van der Waals surface area contributed by atoms with Crippen molar-refractivity contribution >= 4 is 22.6 Å². The van der Waals surface area contributed by atoms with Gasteiger partial charge in [-0.15, -0.1) is 0 Å². The summed E-state index contributed by atoms with van der Waals surface area (Å²) in [6.45, 7) is 4.35. The summed E-state index contributed by atoms with van der Waals surface area (Å²) in [4.78, 5) is 0. The minimum atomic E-state index is 0.459. The van der Waals surface area contributed by atoms with Crippen LogP contribution in [0, 0.1) is 0 Å². The number of hydrogen-bond donors (Lipinski definition) is 0. The Labute approximate surface area is 171 Å². The molecule has 0 aromatic heterocycles. The molecular weight excluding hydrogens is 423 g/mol. The Hall–Kier alpha value is 0.390. The van der Waals surface area contributed by atoms with Crippen molar-refractivity contribution in [2.45, 2.75) is 103 Å². The second-order valence-electron chi connectivity index (χ2n) is 6.91. The minimum absolute atomic E-state index is 0.459. The zero-order chi connectivity index (χ0) is 18.3. The molecule has 0 aromatic rings. The summed E-state index contributed by atoms with van der Waals surface area (Å²) < 4.78 is 12.3. The van der Waals surface area contributed by atoms with E-state index >= 15 is 0 Å². The van der Waals surface area contributed by atoms with Crippen LogP contribution < -0.4 is 0 Å². The maximum absolute atomic E-state index is 5.51. The van der Waals surface area contributed by atoms with E-state index in [9.17, 15) is 0 Å². The van der Waals surface area contributed by atoms with Crippen molar-refractivity contribution in [1.29, 1.82) is 0 Å². The summed E-state index contributed by atoms with van der Waals surface area (Å²) in [5.74, 6) is 0. The molecular formula is C22H43IO2. The Kier molecular flexibility index (Phi) is 24.8. The molecule has 0 atom stereocenters. The summed E-state index contributed by atoms with van der Waals surface area (Å²) in [6.07, 6.45) is 24.5. The summed E-state index contributed by atoms with van der Waals surface area (Å²) in [5, 5.41) is 0. The van der Waals surface area contributed by atoms with Crippen molar-refractivity contribution < 1.29 is 9.47 Å². The molecule has 0 aliphatic rings. The first-order valence-electron chi connectivity index (χ1n) is 10.8. The monoisotopic (exact) mass is 466 g/mol. The van der Waals surface area contributed by atoms with E-state index in [0.717, 1.165) is 19.6 Å². The molecule has 0 aliphatic heterocycles. The molecule has 150 valence electrons. The molecule has 0 amide bonds. The number of ether oxygens (including phenoxy) is 2. The fourth-order valence-electron chi connectivity index (χ4n) is 2.79. The number of unbranched alkanes of at least 4 members (excludes halogenated alkanes) is 12. The second kappa shape index (κ2) is 24.4. The lowest BCUT2D eigenvalue weighted by Gasteiger charge is -2.05. The van der Waals surface area contributed by atoms with Crippen LogP contribution in [0.2, 0.25) is 0 Å². The molecule has 0 heterocycles. The summed E-state index contributed by atoms with van der Waals surface area (Å²) in [6, 6.07) is 0. The van der Waals surface area contributed by atoms with Gasteiger partial charge in [-0.2, -0.15) is 0 Å². The summed E-state index contributed by atoms with van der Waals surface area (Å²) in [5.41, 5.74) is 0. The van der Waals surface area contributed by atoms with E-state index in [1.165, 1.54) is 94.3 Å². The Bertz CT molecular complexity index is 256. The van der Waals surface area contributed by atoms with E-state index in [1.54, 1.807) is 0 Å². The SMILES string of the molecule is CCCCCCCCCOCOCCC=CCCCCCCCCI. The second-order valence-corrected chi connectivity index (χ2v) is 7.99. The topological polar surface area (TPSA) is 18.5 Å². The van der Waals surface area contributed by atoms with Gasteiger partial charge in [-0.1, -0.05) is 106 Å². The third kappa shape index (κ3) is 24.4. The standard InChI is InChI=1S/C22H43IO2/c1-2-3-4-5-11-14-17-20-24-22-25-21-18-15-12-9-7-6-8-10-13-16-19-23/h12,15H,2-11,13-14,16-22H2,1H3. The van der Waals surface area contributed by atoms with Gasteiger partial charge < -0.3 is 9.47 Å². The Morgan fingerprint density at radius 2 is 1.16 bits per heavy atom. The molecule has 0 rings (SSSR count). The zero-order valence-corrected chi connectivity index (χ0v) is 18.9. The highest BCUT2D eigenvalue weighted by Crippen LogP contribution is 2.09. The third-order valence-electron chi connectivity index (χ3n) is 4.41. The van der Waals surface area contributed by atoms with Gasteiger partial charge >= 0.3 is 0 Å². The van der Waals surface area contributed by atoms with Gasteiger partial charge in [-0.25, -0.2) is 0 Å². The van der Waals surface area contributed by atoms with Crippen LogP contribution in [0.5, 0.6) is 0 Å². The van der Waals surface area contributed by atoms with Crippen LogP contribution in [0.25, 0.3) is 0 Å². The first kappa shape index (κ1) is 25.4. The average Bonchev–Trinajstić information content (AvgIpc) is 2.63. The van der Waals surface area contributed by atoms with Gasteiger partial charge in [-0.3, -0.25) is 0 Å². The normalized spacial score (nSPS) is 11.6. The van der Waals surface area contributed by atoms with Crippen molar-refractivity contribution in [2.24, 2.45) is 0 Å². The minimum Gasteiger partial charge on any atom is -0.355 e. The quantitative estimate of drug-likeness (QED) is 0.0564. The average molecular weight is 466 g/mol. The maximum atomic E-state index is 5.51. The molecule has 25 heavy (non-hydrogen) atoms. The predicted molar refractivity (Wildman–Crippen MR) is 120 cm³/mol. The molecule has 0 unspecified atom stereocenters. The van der Waals surface area contributed by atoms with Gasteiger partial charge in [0.05, 0.1) is 6.61 Å². The number of halogens is 1. The molecule has 0 N–H and O–H groups in total. The van der Waals surface area contributed by atoms with Gasteiger partial charge in [0.25, 0.3) is 0 Å². The Morgan fingerprint density at radius 1 is 0.600 bits per heavy atom. The van der Waals surface area contributed by atoms with Crippen LogP contribution in [0.1, 0.15) is 103 Å². The van der Waals surface area contributed by atoms with Crippen LogP contribution in [0.3, 0.4) is 0 Å². The highest BCUT2D eigenvalue weighted by Gasteiger charge is 1.92. The van der Waals surface area contributed by atoms with Crippen molar-refractivity contribution in [3.8, 4) is 0 Å². The molecule has 2 nitrogen and oxygen atoms in total. The lowest BCUT2D eigenvalue weighted by atomic mass is 10.1. The summed E-state index contributed by atoms with van der Waals surface area (Å²) >= 11 is 2.47. The van der Waals surface area contributed by atoms with Crippen molar-refractivity contribution in [2.75, 3.05) is 24.4 Å². The van der Waals surface area contributed by atoms with Crippen molar-refractivity contribution in [3.05, 3.63) is 12.2 Å². The lowest BCUT2D eigenvalue weighted by Crippen LogP contribution is -2.02. The third-order valence-corrected chi connectivity index (χ3v) is 5.17. The van der Waals surface area contributed by atoms with Gasteiger partial charge in [0.15, 0.2) is 0 Å². The van der Waals surface area contributed by atoms with Crippen LogP contribution >= 0.6 is 22.6 Å². The number of alkyl halides is 1. The van der Waals surface area contributed by atoms with E-state index in [4.69, 9.17) is 9.47 Å². The predicted octanol–water partition coefficient (Wildman–Crippen LogP) is 7.84. The van der Waals surface area contributed by atoms with Crippen molar-refractivity contribution in [1.82, 2.24) is 0 Å². The molecule has 0 spiro atoms. The van der Waals surface area contributed by atoms with Crippen LogP contribution in [-0.2, 0) is 9.47 Å². The fourth-order valence-corrected chi connectivity index (χ4v) is 3.33. The largest absolute Gasteiger partial charge is 0.355 e. The van der Waals surface area contributed by atoms with Crippen LogP contribution in [0.15, 0.2) is 12.2 Å². The molecule has 0 fully saturated rings.